The number of ether oxygens (including phenoxy) is 1. The van der Waals surface area contributed by atoms with Crippen molar-refractivity contribution < 1.29 is 14.3 Å². The van der Waals surface area contributed by atoms with Gasteiger partial charge in [0.1, 0.15) is 5.75 Å². The SMILES string of the molecule is C=CC(=O)Oc1ccc(C(=O)C=Cc2ccc(C)cc2)cc1. The van der Waals surface area contributed by atoms with Gasteiger partial charge in [0, 0.05) is 11.6 Å². The Morgan fingerprint density at radius 2 is 1.64 bits per heavy atom. The molecule has 2 aromatic rings. The Labute approximate surface area is 129 Å². The lowest BCUT2D eigenvalue weighted by molar-refractivity contribution is -0.128. The summed E-state index contributed by atoms with van der Waals surface area (Å²) in [4.78, 5) is 23.1. The third kappa shape index (κ3) is 4.28. The predicted molar refractivity (Wildman–Crippen MR) is 86.8 cm³/mol. The summed E-state index contributed by atoms with van der Waals surface area (Å²) in [5.41, 5.74) is 2.67. The zero-order valence-corrected chi connectivity index (χ0v) is 12.3. The van der Waals surface area contributed by atoms with Gasteiger partial charge >= 0.3 is 5.97 Å². The number of rotatable bonds is 5. The van der Waals surface area contributed by atoms with Gasteiger partial charge in [-0.25, -0.2) is 4.79 Å². The summed E-state index contributed by atoms with van der Waals surface area (Å²) < 4.78 is 4.95. The molecule has 0 aliphatic heterocycles. The minimum absolute atomic E-state index is 0.109. The molecule has 22 heavy (non-hydrogen) atoms. The van der Waals surface area contributed by atoms with Gasteiger partial charge in [-0.05, 0) is 42.8 Å². The fourth-order valence-electron chi connectivity index (χ4n) is 1.79. The molecule has 0 unspecified atom stereocenters. The zero-order valence-electron chi connectivity index (χ0n) is 12.3. The topological polar surface area (TPSA) is 43.4 Å². The molecule has 0 saturated heterocycles. The van der Waals surface area contributed by atoms with Crippen molar-refractivity contribution in [3.8, 4) is 5.75 Å². The smallest absolute Gasteiger partial charge is 0.335 e. The minimum atomic E-state index is -0.529. The third-order valence-corrected chi connectivity index (χ3v) is 3.03. The van der Waals surface area contributed by atoms with Gasteiger partial charge in [-0.2, -0.15) is 0 Å². The number of benzene rings is 2. The molecular weight excluding hydrogens is 276 g/mol. The van der Waals surface area contributed by atoms with Crippen molar-refractivity contribution in [1.29, 1.82) is 0 Å². The first-order chi connectivity index (χ1) is 10.6. The van der Waals surface area contributed by atoms with Crippen LogP contribution in [0.25, 0.3) is 6.08 Å². The Kier molecular flexibility index (Phi) is 5.04. The van der Waals surface area contributed by atoms with Crippen LogP contribution >= 0.6 is 0 Å². The number of esters is 1. The molecule has 0 aliphatic carbocycles. The van der Waals surface area contributed by atoms with Gasteiger partial charge in [-0.15, -0.1) is 0 Å². The predicted octanol–water partition coefficient (Wildman–Crippen LogP) is 3.98. The molecule has 2 rings (SSSR count). The van der Waals surface area contributed by atoms with Crippen molar-refractivity contribution >= 4 is 17.8 Å². The summed E-state index contributed by atoms with van der Waals surface area (Å²) in [5, 5.41) is 0. The van der Waals surface area contributed by atoms with Gasteiger partial charge in [-0.1, -0.05) is 42.5 Å². The van der Waals surface area contributed by atoms with Crippen molar-refractivity contribution in [3.05, 3.63) is 84.0 Å². The van der Waals surface area contributed by atoms with Gasteiger partial charge in [0.15, 0.2) is 5.78 Å². The number of allylic oxidation sites excluding steroid dienone is 1. The number of hydrogen-bond acceptors (Lipinski definition) is 3. The van der Waals surface area contributed by atoms with E-state index in [-0.39, 0.29) is 5.78 Å². The first kappa shape index (κ1) is 15.4. The Hall–Kier alpha value is -2.94. The van der Waals surface area contributed by atoms with Gasteiger partial charge in [0.25, 0.3) is 0 Å². The highest BCUT2D eigenvalue weighted by Crippen LogP contribution is 2.14. The van der Waals surface area contributed by atoms with E-state index in [1.54, 1.807) is 30.3 Å². The normalized spacial score (nSPS) is 10.4. The van der Waals surface area contributed by atoms with E-state index >= 15 is 0 Å². The maximum absolute atomic E-state index is 12.1. The summed E-state index contributed by atoms with van der Waals surface area (Å²) in [7, 11) is 0. The maximum atomic E-state index is 12.1. The molecule has 0 N–H and O–H groups in total. The van der Waals surface area contributed by atoms with Crippen LogP contribution in [0.2, 0.25) is 0 Å². The van der Waals surface area contributed by atoms with Crippen molar-refractivity contribution in [3.63, 3.8) is 0 Å². The standard InChI is InChI=1S/C19H16O3/c1-3-19(21)22-17-11-9-16(10-12-17)18(20)13-8-15-6-4-14(2)5-7-15/h3-13H,1H2,2H3. The summed E-state index contributed by atoms with van der Waals surface area (Å²) in [6.07, 6.45) is 4.38. The quantitative estimate of drug-likeness (QED) is 0.362. The molecule has 0 amide bonds. The first-order valence-electron chi connectivity index (χ1n) is 6.82. The molecule has 0 bridgehead atoms. The molecule has 3 nitrogen and oxygen atoms in total. The van der Waals surface area contributed by atoms with E-state index < -0.39 is 5.97 Å². The van der Waals surface area contributed by atoms with E-state index in [0.717, 1.165) is 11.6 Å². The van der Waals surface area contributed by atoms with Gasteiger partial charge in [0.05, 0.1) is 0 Å². The molecule has 2 aromatic carbocycles. The average molecular weight is 292 g/mol. The van der Waals surface area contributed by atoms with Crippen molar-refractivity contribution in [2.24, 2.45) is 0 Å². The lowest BCUT2D eigenvalue weighted by Gasteiger charge is -2.02. The van der Waals surface area contributed by atoms with Crippen LogP contribution in [0.5, 0.6) is 5.75 Å². The van der Waals surface area contributed by atoms with Gasteiger partial charge in [0.2, 0.25) is 0 Å². The van der Waals surface area contributed by atoms with Crippen LogP contribution in [0.3, 0.4) is 0 Å². The maximum Gasteiger partial charge on any atom is 0.335 e. The average Bonchev–Trinajstić information content (AvgIpc) is 2.54. The van der Waals surface area contributed by atoms with Crippen LogP contribution in [0.4, 0.5) is 0 Å². The van der Waals surface area contributed by atoms with E-state index in [0.29, 0.717) is 11.3 Å². The Balaban J connectivity index is 2.04. The second kappa shape index (κ2) is 7.18. The van der Waals surface area contributed by atoms with Gasteiger partial charge in [-0.3, -0.25) is 4.79 Å². The summed E-state index contributed by atoms with van der Waals surface area (Å²) >= 11 is 0. The largest absolute Gasteiger partial charge is 0.423 e. The van der Waals surface area contributed by atoms with Gasteiger partial charge < -0.3 is 4.74 Å². The molecule has 0 aromatic heterocycles. The Morgan fingerprint density at radius 1 is 1.00 bits per heavy atom. The molecule has 0 radical (unpaired) electrons. The summed E-state index contributed by atoms with van der Waals surface area (Å²) in [5.74, 6) is -0.260. The second-order valence-electron chi connectivity index (χ2n) is 4.76. The van der Waals surface area contributed by atoms with E-state index in [1.165, 1.54) is 11.6 Å². The number of ketones is 1. The monoisotopic (exact) mass is 292 g/mol. The molecule has 0 atom stereocenters. The molecule has 0 aliphatic rings. The van der Waals surface area contributed by atoms with Crippen LogP contribution in [-0.4, -0.2) is 11.8 Å². The molecule has 0 heterocycles. The van der Waals surface area contributed by atoms with E-state index in [4.69, 9.17) is 4.74 Å². The molecular formula is C19H16O3. The van der Waals surface area contributed by atoms with Crippen LogP contribution in [0.15, 0.2) is 67.3 Å². The van der Waals surface area contributed by atoms with E-state index in [9.17, 15) is 9.59 Å². The number of hydrogen-bond donors (Lipinski definition) is 0. The fourth-order valence-corrected chi connectivity index (χ4v) is 1.79. The highest BCUT2D eigenvalue weighted by Gasteiger charge is 2.04. The fraction of sp³-hybridized carbons (Fsp3) is 0.0526. The zero-order chi connectivity index (χ0) is 15.9. The first-order valence-corrected chi connectivity index (χ1v) is 6.82. The number of aryl methyl sites for hydroxylation is 1. The van der Waals surface area contributed by atoms with E-state index in [2.05, 4.69) is 6.58 Å². The highest BCUT2D eigenvalue weighted by atomic mass is 16.5. The van der Waals surface area contributed by atoms with Crippen molar-refractivity contribution in [1.82, 2.24) is 0 Å². The second-order valence-corrected chi connectivity index (χ2v) is 4.76. The molecule has 0 spiro atoms. The lowest BCUT2D eigenvalue weighted by atomic mass is 10.1. The Morgan fingerprint density at radius 3 is 2.23 bits per heavy atom. The Bertz CT molecular complexity index is 707. The third-order valence-electron chi connectivity index (χ3n) is 3.03. The lowest BCUT2D eigenvalue weighted by Crippen LogP contribution is -2.03. The molecule has 0 fully saturated rings. The summed E-state index contributed by atoms with van der Waals surface area (Å²) in [6.45, 7) is 5.34. The van der Waals surface area contributed by atoms with Crippen LogP contribution in [0.1, 0.15) is 21.5 Å². The van der Waals surface area contributed by atoms with Crippen LogP contribution < -0.4 is 4.74 Å². The number of carbonyl (C=O) groups excluding carboxylic acids is 2. The van der Waals surface area contributed by atoms with Crippen LogP contribution in [0, 0.1) is 6.92 Å². The number of carbonyl (C=O) groups is 2. The van der Waals surface area contributed by atoms with E-state index in [1.807, 2.05) is 31.2 Å². The molecule has 110 valence electrons. The van der Waals surface area contributed by atoms with Crippen LogP contribution in [-0.2, 0) is 4.79 Å². The van der Waals surface area contributed by atoms with Crippen molar-refractivity contribution in [2.45, 2.75) is 6.92 Å². The minimum Gasteiger partial charge on any atom is -0.423 e. The molecule has 3 heteroatoms. The summed E-state index contributed by atoms with van der Waals surface area (Å²) in [6, 6.07) is 14.3. The molecule has 0 saturated carbocycles. The van der Waals surface area contributed by atoms with Crippen molar-refractivity contribution in [2.75, 3.05) is 0 Å². The highest BCUT2D eigenvalue weighted by molar-refractivity contribution is 6.06.